The van der Waals surface area contributed by atoms with Gasteiger partial charge >= 0.3 is 0 Å². The number of aromatic nitrogens is 1. The molecule has 2 N–H and O–H groups in total. The van der Waals surface area contributed by atoms with Crippen molar-refractivity contribution in [2.75, 3.05) is 11.4 Å². The Bertz CT molecular complexity index is 906. The Morgan fingerprint density at radius 1 is 1.27 bits per heavy atom. The third-order valence-electron chi connectivity index (χ3n) is 6.81. The highest BCUT2D eigenvalue weighted by molar-refractivity contribution is 7.11. The zero-order chi connectivity index (χ0) is 21.1. The molecule has 0 spiro atoms. The van der Waals surface area contributed by atoms with Crippen molar-refractivity contribution in [3.05, 3.63) is 56.8 Å². The van der Waals surface area contributed by atoms with E-state index in [9.17, 15) is 10.2 Å². The molecule has 2 aliphatic rings. The maximum Gasteiger partial charge on any atom is 0.245 e. The highest BCUT2D eigenvalue weighted by atomic mass is 32.1. The van der Waals surface area contributed by atoms with Gasteiger partial charge < -0.3 is 20.0 Å². The molecule has 4 atom stereocenters. The fraction of sp³-hybridized carbons (Fsp3) is 0.583. The third kappa shape index (κ3) is 4.25. The van der Waals surface area contributed by atoms with Gasteiger partial charge in [-0.05, 0) is 67.7 Å². The number of aliphatic hydroxyl groups is 2. The molecule has 1 aromatic carbocycles. The van der Waals surface area contributed by atoms with E-state index in [1.807, 2.05) is 0 Å². The average Bonchev–Trinajstić information content (AvgIpc) is 3.40. The standard InChI is InChI=1S/C24H31N3O2S/c1-3-16-7-10-23(29)19-9-8-17(13-20(16)19)27-12-11-21(25-2)22(27)5-4-6-24-26-14-18(15-28)30-24/h8-9,13-14,16,21-23,28-29H,3-7,10-12,15H2,1H3. The topological polar surface area (TPSA) is 61.0 Å². The molecular formula is C24H31N3O2S. The first kappa shape index (κ1) is 21.3. The minimum atomic E-state index is -0.343. The summed E-state index contributed by atoms with van der Waals surface area (Å²) in [5, 5.41) is 20.7. The molecule has 0 radical (unpaired) electrons. The summed E-state index contributed by atoms with van der Waals surface area (Å²) in [6, 6.07) is 6.82. The molecule has 0 saturated carbocycles. The van der Waals surface area contributed by atoms with Crippen LogP contribution in [-0.2, 0) is 13.0 Å². The van der Waals surface area contributed by atoms with E-state index in [-0.39, 0.29) is 24.8 Å². The van der Waals surface area contributed by atoms with Crippen LogP contribution >= 0.6 is 11.3 Å². The molecule has 2 aromatic rings. The molecule has 1 saturated heterocycles. The van der Waals surface area contributed by atoms with Gasteiger partial charge in [-0.1, -0.05) is 13.0 Å². The van der Waals surface area contributed by atoms with Crippen LogP contribution in [0.4, 0.5) is 5.69 Å². The zero-order valence-electron chi connectivity index (χ0n) is 17.6. The summed E-state index contributed by atoms with van der Waals surface area (Å²) in [5.74, 6) is 0.520. The van der Waals surface area contributed by atoms with Crippen LogP contribution in [0.5, 0.6) is 0 Å². The summed E-state index contributed by atoms with van der Waals surface area (Å²) in [7, 11) is 0. The molecular weight excluding hydrogens is 394 g/mol. The van der Waals surface area contributed by atoms with Crippen molar-refractivity contribution in [1.82, 2.24) is 4.98 Å². The van der Waals surface area contributed by atoms with E-state index < -0.39 is 0 Å². The molecule has 4 unspecified atom stereocenters. The lowest BCUT2D eigenvalue weighted by Gasteiger charge is -2.32. The Morgan fingerprint density at radius 2 is 2.13 bits per heavy atom. The summed E-state index contributed by atoms with van der Waals surface area (Å²) in [6.07, 6.45) is 8.19. The molecule has 0 bridgehead atoms. The number of fused-ring (bicyclic) bond motifs is 1. The van der Waals surface area contributed by atoms with E-state index in [0.29, 0.717) is 5.92 Å². The smallest absolute Gasteiger partial charge is 0.245 e. The van der Waals surface area contributed by atoms with Crippen molar-refractivity contribution in [2.24, 2.45) is 0 Å². The number of benzene rings is 1. The van der Waals surface area contributed by atoms with Gasteiger partial charge in [0, 0.05) is 24.8 Å². The van der Waals surface area contributed by atoms with Crippen molar-refractivity contribution < 1.29 is 10.2 Å². The number of rotatable bonds is 7. The molecule has 30 heavy (non-hydrogen) atoms. The molecule has 2 heterocycles. The van der Waals surface area contributed by atoms with Crippen LogP contribution in [0.3, 0.4) is 0 Å². The summed E-state index contributed by atoms with van der Waals surface area (Å²) in [4.78, 5) is 11.7. The molecule has 4 rings (SSSR count). The van der Waals surface area contributed by atoms with Gasteiger partial charge in [0.2, 0.25) is 6.04 Å². The van der Waals surface area contributed by atoms with E-state index in [1.165, 1.54) is 11.3 Å². The number of nitrogens with zero attached hydrogens (tertiary/aromatic N) is 3. The van der Waals surface area contributed by atoms with Gasteiger partial charge in [0.25, 0.3) is 0 Å². The normalized spacial score (nSPS) is 25.9. The number of anilines is 1. The summed E-state index contributed by atoms with van der Waals surface area (Å²) >= 11 is 1.58. The molecule has 160 valence electrons. The lowest BCUT2D eigenvalue weighted by molar-refractivity contribution is 0.150. The molecule has 1 aliphatic carbocycles. The minimum absolute atomic E-state index is 0.0397. The maximum absolute atomic E-state index is 10.4. The Hall–Kier alpha value is -1.94. The van der Waals surface area contributed by atoms with Crippen LogP contribution in [0.15, 0.2) is 24.4 Å². The van der Waals surface area contributed by atoms with E-state index in [1.54, 1.807) is 17.5 Å². The van der Waals surface area contributed by atoms with Crippen LogP contribution in [-0.4, -0.2) is 33.8 Å². The highest BCUT2D eigenvalue weighted by Gasteiger charge is 2.39. The first-order valence-electron chi connectivity index (χ1n) is 11.1. The second-order valence-corrected chi connectivity index (χ2v) is 9.73. The first-order valence-corrected chi connectivity index (χ1v) is 12.0. The largest absolute Gasteiger partial charge is 0.391 e. The second kappa shape index (κ2) is 9.47. The number of aliphatic hydroxyl groups excluding tert-OH is 2. The number of hydrogen-bond donors (Lipinski definition) is 2. The highest BCUT2D eigenvalue weighted by Crippen LogP contribution is 2.42. The van der Waals surface area contributed by atoms with Crippen LogP contribution < -0.4 is 4.90 Å². The average molecular weight is 426 g/mol. The minimum Gasteiger partial charge on any atom is -0.391 e. The van der Waals surface area contributed by atoms with E-state index in [2.05, 4.69) is 39.9 Å². The predicted molar refractivity (Wildman–Crippen MR) is 121 cm³/mol. The van der Waals surface area contributed by atoms with Gasteiger partial charge in [-0.15, -0.1) is 11.3 Å². The Kier molecular flexibility index (Phi) is 6.72. The van der Waals surface area contributed by atoms with Gasteiger partial charge in [0.15, 0.2) is 0 Å². The van der Waals surface area contributed by atoms with Gasteiger partial charge in [0.1, 0.15) is 6.04 Å². The van der Waals surface area contributed by atoms with Crippen molar-refractivity contribution in [3.63, 3.8) is 0 Å². The van der Waals surface area contributed by atoms with Crippen molar-refractivity contribution in [2.45, 2.75) is 82.6 Å². The van der Waals surface area contributed by atoms with Crippen LogP contribution in [0, 0.1) is 6.57 Å². The molecule has 1 fully saturated rings. The molecule has 6 heteroatoms. The number of aryl methyl sites for hydroxylation is 1. The SMILES string of the molecule is [C-]#[N+]C1CCN(c2ccc3c(c2)C(CC)CCC3O)C1CCCc1ncc(CO)s1. The van der Waals surface area contributed by atoms with E-state index >= 15 is 0 Å². The summed E-state index contributed by atoms with van der Waals surface area (Å²) in [5.41, 5.74) is 3.60. The summed E-state index contributed by atoms with van der Waals surface area (Å²) in [6.45, 7) is 10.9. The number of hydrogen-bond acceptors (Lipinski definition) is 5. The van der Waals surface area contributed by atoms with Crippen molar-refractivity contribution >= 4 is 17.0 Å². The first-order chi connectivity index (χ1) is 14.6. The lowest BCUT2D eigenvalue weighted by Crippen LogP contribution is -2.34. The molecule has 5 nitrogen and oxygen atoms in total. The van der Waals surface area contributed by atoms with Crippen molar-refractivity contribution in [3.8, 4) is 0 Å². The second-order valence-electron chi connectivity index (χ2n) is 8.53. The maximum atomic E-state index is 10.4. The fourth-order valence-electron chi connectivity index (χ4n) is 5.15. The van der Waals surface area contributed by atoms with Crippen molar-refractivity contribution in [1.29, 1.82) is 0 Å². The predicted octanol–water partition coefficient (Wildman–Crippen LogP) is 4.85. The number of thiazole rings is 1. The zero-order valence-corrected chi connectivity index (χ0v) is 18.4. The molecule has 1 aliphatic heterocycles. The van der Waals surface area contributed by atoms with Gasteiger partial charge in [-0.3, -0.25) is 0 Å². The van der Waals surface area contributed by atoms with Gasteiger partial charge in [0.05, 0.1) is 22.6 Å². The van der Waals surface area contributed by atoms with Gasteiger partial charge in [-0.2, -0.15) is 0 Å². The van der Waals surface area contributed by atoms with Crippen LogP contribution in [0.25, 0.3) is 4.85 Å². The summed E-state index contributed by atoms with van der Waals surface area (Å²) < 4.78 is 0. The Labute approximate surface area is 183 Å². The molecule has 1 aromatic heterocycles. The van der Waals surface area contributed by atoms with E-state index in [4.69, 9.17) is 6.57 Å². The Balaban J connectivity index is 1.50. The van der Waals surface area contributed by atoms with Crippen LogP contribution in [0.1, 0.15) is 78.5 Å². The monoisotopic (exact) mass is 425 g/mol. The molecule has 0 amide bonds. The third-order valence-corrected chi connectivity index (χ3v) is 7.85. The quantitative estimate of drug-likeness (QED) is 0.623. The van der Waals surface area contributed by atoms with E-state index in [0.717, 1.165) is 66.9 Å². The lowest BCUT2D eigenvalue weighted by atomic mass is 9.79. The fourth-order valence-corrected chi connectivity index (χ4v) is 5.97. The Morgan fingerprint density at radius 3 is 2.87 bits per heavy atom. The van der Waals surface area contributed by atoms with Gasteiger partial charge in [-0.25, -0.2) is 11.6 Å². The van der Waals surface area contributed by atoms with Crippen LogP contribution in [0.2, 0.25) is 0 Å².